The van der Waals surface area contributed by atoms with Crippen molar-refractivity contribution in [1.82, 2.24) is 5.32 Å². The van der Waals surface area contributed by atoms with E-state index in [4.69, 9.17) is 14.9 Å². The molecule has 3 N–H and O–H groups in total. The van der Waals surface area contributed by atoms with Gasteiger partial charge in [0.15, 0.2) is 17.7 Å². The Balaban J connectivity index is 2.53. The minimum atomic E-state index is -1.66. The number of aliphatic hydroxyl groups is 1. The van der Waals surface area contributed by atoms with E-state index in [1.54, 1.807) is 0 Å². The number of hydrogen-bond donors (Lipinski definition) is 3. The van der Waals surface area contributed by atoms with E-state index in [-0.39, 0.29) is 12.2 Å². The molecule has 0 heterocycles. The highest BCUT2D eigenvalue weighted by atomic mass is 19.1. The molecule has 1 amide bonds. The zero-order valence-electron chi connectivity index (χ0n) is 10.2. The molecule has 1 atom stereocenters. The largest absolute Gasteiger partial charge is 0.494 e. The van der Waals surface area contributed by atoms with E-state index in [1.807, 2.05) is 0 Å². The third-order valence-corrected chi connectivity index (χ3v) is 2.36. The Morgan fingerprint density at radius 2 is 2.16 bits per heavy atom. The maximum absolute atomic E-state index is 13.3. The second-order valence-corrected chi connectivity index (χ2v) is 3.80. The summed E-state index contributed by atoms with van der Waals surface area (Å²) in [6, 6.07) is 4.07. The molecule has 7 heteroatoms. The predicted octanol–water partition coefficient (Wildman–Crippen LogP) is -0.0615. The van der Waals surface area contributed by atoms with Gasteiger partial charge in [0.25, 0.3) is 0 Å². The van der Waals surface area contributed by atoms with Gasteiger partial charge in [-0.2, -0.15) is 0 Å². The first kappa shape index (κ1) is 14.9. The molecular formula is C12H14FNO5. The number of rotatable bonds is 6. The Kier molecular flexibility index (Phi) is 5.25. The highest BCUT2D eigenvalue weighted by Gasteiger charge is 2.14. The third kappa shape index (κ3) is 4.55. The summed E-state index contributed by atoms with van der Waals surface area (Å²) in [6.45, 7) is -0.396. The number of carboxylic acids is 1. The van der Waals surface area contributed by atoms with Gasteiger partial charge in [0.2, 0.25) is 5.91 Å². The summed E-state index contributed by atoms with van der Waals surface area (Å²) in [4.78, 5) is 21.8. The number of halogens is 1. The topological polar surface area (TPSA) is 95.9 Å². The Morgan fingerprint density at radius 3 is 2.68 bits per heavy atom. The molecule has 1 unspecified atom stereocenters. The van der Waals surface area contributed by atoms with Crippen LogP contribution in [0.3, 0.4) is 0 Å². The van der Waals surface area contributed by atoms with Crippen molar-refractivity contribution >= 4 is 11.9 Å². The molecule has 0 aliphatic heterocycles. The van der Waals surface area contributed by atoms with Crippen LogP contribution in [0.1, 0.15) is 5.56 Å². The zero-order chi connectivity index (χ0) is 14.4. The quantitative estimate of drug-likeness (QED) is 0.673. The fraction of sp³-hybridized carbons (Fsp3) is 0.333. The molecule has 1 aromatic rings. The van der Waals surface area contributed by atoms with Crippen LogP contribution in [0.15, 0.2) is 18.2 Å². The normalized spacial score (nSPS) is 11.7. The number of carboxylic acid groups (broad SMARTS) is 1. The van der Waals surface area contributed by atoms with Crippen molar-refractivity contribution in [3.8, 4) is 5.75 Å². The van der Waals surface area contributed by atoms with E-state index >= 15 is 0 Å². The van der Waals surface area contributed by atoms with Crippen LogP contribution < -0.4 is 10.1 Å². The Labute approximate surface area is 108 Å². The first-order valence-electron chi connectivity index (χ1n) is 5.44. The van der Waals surface area contributed by atoms with E-state index in [2.05, 4.69) is 5.32 Å². The van der Waals surface area contributed by atoms with Crippen LogP contribution in [-0.2, 0) is 16.0 Å². The number of methoxy groups -OCH3 is 1. The van der Waals surface area contributed by atoms with Gasteiger partial charge in [-0.15, -0.1) is 0 Å². The van der Waals surface area contributed by atoms with Crippen LogP contribution in [0.4, 0.5) is 4.39 Å². The zero-order valence-corrected chi connectivity index (χ0v) is 10.2. The summed E-state index contributed by atoms with van der Waals surface area (Å²) in [7, 11) is 1.33. The van der Waals surface area contributed by atoms with Crippen molar-refractivity contribution in [2.45, 2.75) is 12.5 Å². The molecule has 0 aliphatic carbocycles. The highest BCUT2D eigenvalue weighted by molar-refractivity contribution is 5.80. The lowest BCUT2D eigenvalue weighted by molar-refractivity contribution is -0.146. The fourth-order valence-electron chi connectivity index (χ4n) is 1.37. The average Bonchev–Trinajstić information content (AvgIpc) is 2.36. The minimum absolute atomic E-state index is 0.0745. The predicted molar refractivity (Wildman–Crippen MR) is 63.3 cm³/mol. The molecule has 0 saturated carbocycles. The third-order valence-electron chi connectivity index (χ3n) is 2.36. The number of aliphatic hydroxyl groups excluding tert-OH is 1. The number of amides is 1. The monoisotopic (exact) mass is 271 g/mol. The average molecular weight is 271 g/mol. The molecular weight excluding hydrogens is 257 g/mol. The standard InChI is InChI=1S/C12H14FNO5/c1-19-10-3-2-7(4-8(10)13)5-11(16)14-6-9(15)12(17)18/h2-4,9,15H,5-6H2,1H3,(H,14,16)(H,17,18). The lowest BCUT2D eigenvalue weighted by Gasteiger charge is -2.08. The molecule has 19 heavy (non-hydrogen) atoms. The highest BCUT2D eigenvalue weighted by Crippen LogP contribution is 2.17. The van der Waals surface area contributed by atoms with Crippen molar-refractivity contribution in [2.24, 2.45) is 0 Å². The molecule has 0 saturated heterocycles. The second kappa shape index (κ2) is 6.69. The van der Waals surface area contributed by atoms with Gasteiger partial charge in [0.05, 0.1) is 20.1 Å². The lowest BCUT2D eigenvalue weighted by Crippen LogP contribution is -2.37. The number of hydrogen-bond acceptors (Lipinski definition) is 4. The molecule has 0 radical (unpaired) electrons. The van der Waals surface area contributed by atoms with E-state index in [0.717, 1.165) is 6.07 Å². The number of aliphatic carboxylic acids is 1. The number of ether oxygens (including phenoxy) is 1. The van der Waals surface area contributed by atoms with Crippen LogP contribution in [0.5, 0.6) is 5.75 Å². The van der Waals surface area contributed by atoms with Gasteiger partial charge in [0.1, 0.15) is 0 Å². The van der Waals surface area contributed by atoms with Crippen molar-refractivity contribution in [3.05, 3.63) is 29.6 Å². The van der Waals surface area contributed by atoms with Gasteiger partial charge in [-0.25, -0.2) is 9.18 Å². The van der Waals surface area contributed by atoms with E-state index < -0.39 is 30.3 Å². The summed E-state index contributed by atoms with van der Waals surface area (Å²) < 4.78 is 18.1. The van der Waals surface area contributed by atoms with Gasteiger partial charge in [-0.05, 0) is 17.7 Å². The molecule has 1 rings (SSSR count). The summed E-state index contributed by atoms with van der Waals surface area (Å²) >= 11 is 0. The Morgan fingerprint density at radius 1 is 1.47 bits per heavy atom. The van der Waals surface area contributed by atoms with Crippen molar-refractivity contribution in [1.29, 1.82) is 0 Å². The van der Waals surface area contributed by atoms with E-state index in [0.29, 0.717) is 5.56 Å². The molecule has 0 aliphatic rings. The molecule has 0 spiro atoms. The van der Waals surface area contributed by atoms with Crippen molar-refractivity contribution in [3.63, 3.8) is 0 Å². The smallest absolute Gasteiger partial charge is 0.334 e. The van der Waals surface area contributed by atoms with Crippen LogP contribution in [0.2, 0.25) is 0 Å². The lowest BCUT2D eigenvalue weighted by atomic mass is 10.1. The number of benzene rings is 1. The van der Waals surface area contributed by atoms with Gasteiger partial charge < -0.3 is 20.3 Å². The van der Waals surface area contributed by atoms with Gasteiger partial charge in [-0.3, -0.25) is 4.79 Å². The summed E-state index contributed by atoms with van der Waals surface area (Å²) in [5.41, 5.74) is 0.417. The number of carbonyl (C=O) groups is 2. The summed E-state index contributed by atoms with van der Waals surface area (Å²) in [5, 5.41) is 19.6. The van der Waals surface area contributed by atoms with E-state index in [9.17, 15) is 14.0 Å². The van der Waals surface area contributed by atoms with Gasteiger partial charge >= 0.3 is 5.97 Å². The second-order valence-electron chi connectivity index (χ2n) is 3.80. The number of nitrogens with one attached hydrogen (secondary N) is 1. The maximum Gasteiger partial charge on any atom is 0.334 e. The van der Waals surface area contributed by atoms with Crippen LogP contribution in [0.25, 0.3) is 0 Å². The van der Waals surface area contributed by atoms with Crippen LogP contribution >= 0.6 is 0 Å². The molecule has 1 aromatic carbocycles. The van der Waals surface area contributed by atoms with Crippen molar-refractivity contribution < 1.29 is 28.9 Å². The summed E-state index contributed by atoms with van der Waals surface area (Å²) in [5.74, 6) is -2.44. The Bertz CT molecular complexity index is 477. The molecule has 0 aromatic heterocycles. The fourth-order valence-corrected chi connectivity index (χ4v) is 1.37. The Hall–Kier alpha value is -2.15. The first-order chi connectivity index (χ1) is 8.93. The SMILES string of the molecule is COc1ccc(CC(=O)NCC(O)C(=O)O)cc1F. The van der Waals surface area contributed by atoms with Crippen molar-refractivity contribution in [2.75, 3.05) is 13.7 Å². The maximum atomic E-state index is 13.3. The number of carbonyl (C=O) groups excluding carboxylic acids is 1. The van der Waals surface area contributed by atoms with Crippen LogP contribution in [0, 0.1) is 5.82 Å². The van der Waals surface area contributed by atoms with Gasteiger partial charge in [-0.1, -0.05) is 6.07 Å². The summed E-state index contributed by atoms with van der Waals surface area (Å²) in [6.07, 6.45) is -1.77. The van der Waals surface area contributed by atoms with Crippen LogP contribution in [-0.4, -0.2) is 41.8 Å². The molecule has 0 fully saturated rings. The molecule has 0 bridgehead atoms. The minimum Gasteiger partial charge on any atom is -0.494 e. The molecule has 104 valence electrons. The van der Waals surface area contributed by atoms with Gasteiger partial charge in [0, 0.05) is 0 Å². The van der Waals surface area contributed by atoms with E-state index in [1.165, 1.54) is 19.2 Å². The molecule has 6 nitrogen and oxygen atoms in total. The first-order valence-corrected chi connectivity index (χ1v) is 5.44.